The van der Waals surface area contributed by atoms with Crippen LogP contribution < -0.4 is 4.84 Å². The lowest BCUT2D eigenvalue weighted by atomic mass is 10.2. The molecule has 3 aromatic rings. The van der Waals surface area contributed by atoms with Crippen LogP contribution in [0.3, 0.4) is 0 Å². The molecular formula is C14H15N3O2. The van der Waals surface area contributed by atoms with Gasteiger partial charge in [-0.15, -0.1) is 0 Å². The van der Waals surface area contributed by atoms with Gasteiger partial charge < -0.3 is 14.1 Å². The molecule has 0 radical (unpaired) electrons. The Labute approximate surface area is 111 Å². The molecule has 0 aliphatic carbocycles. The first-order chi connectivity index (χ1) is 9.33. The number of imidazole rings is 1. The zero-order chi connectivity index (χ0) is 13.2. The molecule has 1 aromatic carbocycles. The van der Waals surface area contributed by atoms with Crippen molar-refractivity contribution >= 4 is 10.9 Å². The summed E-state index contributed by atoms with van der Waals surface area (Å²) >= 11 is 0. The van der Waals surface area contributed by atoms with Gasteiger partial charge >= 0.3 is 0 Å². The first kappa shape index (κ1) is 11.8. The molecule has 0 aliphatic heterocycles. The molecule has 5 nitrogen and oxygen atoms in total. The van der Waals surface area contributed by atoms with Crippen molar-refractivity contribution in [2.45, 2.75) is 6.73 Å². The lowest BCUT2D eigenvalue weighted by molar-refractivity contribution is 0.131. The van der Waals surface area contributed by atoms with Crippen LogP contribution in [0, 0.1) is 0 Å². The van der Waals surface area contributed by atoms with Crippen LogP contribution in [0.2, 0.25) is 0 Å². The van der Waals surface area contributed by atoms with Crippen molar-refractivity contribution in [1.82, 2.24) is 14.3 Å². The standard InChI is InChI=1S/C14H15N3O2/c1-18-10-16-8-12(15-9-16)14-7-11-5-3-4-6-13(11)17(14)19-2/h3-9H,10H2,1-2H3. The zero-order valence-corrected chi connectivity index (χ0v) is 10.9. The summed E-state index contributed by atoms with van der Waals surface area (Å²) in [5.41, 5.74) is 2.81. The summed E-state index contributed by atoms with van der Waals surface area (Å²) in [5.74, 6) is 0. The summed E-state index contributed by atoms with van der Waals surface area (Å²) in [6, 6.07) is 10.1. The van der Waals surface area contributed by atoms with Gasteiger partial charge in [0.15, 0.2) is 0 Å². The molecule has 0 amide bonds. The van der Waals surface area contributed by atoms with Crippen molar-refractivity contribution in [2.75, 3.05) is 14.2 Å². The number of rotatable bonds is 4. The third kappa shape index (κ3) is 1.98. The molecule has 0 aliphatic rings. The van der Waals surface area contributed by atoms with Gasteiger partial charge in [0.2, 0.25) is 0 Å². The quantitative estimate of drug-likeness (QED) is 0.719. The maximum atomic E-state index is 5.46. The smallest absolute Gasteiger partial charge is 0.123 e. The fourth-order valence-corrected chi connectivity index (χ4v) is 2.22. The molecule has 0 saturated carbocycles. The van der Waals surface area contributed by atoms with E-state index in [4.69, 9.17) is 9.57 Å². The minimum absolute atomic E-state index is 0.486. The predicted molar refractivity (Wildman–Crippen MR) is 72.7 cm³/mol. The molecule has 19 heavy (non-hydrogen) atoms. The fraction of sp³-hybridized carbons (Fsp3) is 0.214. The highest BCUT2D eigenvalue weighted by molar-refractivity contribution is 5.85. The maximum absolute atomic E-state index is 5.46. The number of para-hydroxylation sites is 1. The molecule has 0 atom stereocenters. The van der Waals surface area contributed by atoms with Gasteiger partial charge in [-0.05, 0) is 12.1 Å². The largest absolute Gasteiger partial charge is 0.416 e. The third-order valence-electron chi connectivity index (χ3n) is 3.02. The number of benzene rings is 1. The first-order valence-corrected chi connectivity index (χ1v) is 5.99. The van der Waals surface area contributed by atoms with E-state index in [1.54, 1.807) is 25.3 Å². The van der Waals surface area contributed by atoms with Gasteiger partial charge in [-0.3, -0.25) is 0 Å². The van der Waals surface area contributed by atoms with E-state index in [9.17, 15) is 0 Å². The average molecular weight is 257 g/mol. The highest BCUT2D eigenvalue weighted by Gasteiger charge is 2.12. The van der Waals surface area contributed by atoms with E-state index in [0.717, 1.165) is 22.3 Å². The van der Waals surface area contributed by atoms with Crippen molar-refractivity contribution in [3.8, 4) is 11.4 Å². The summed E-state index contributed by atoms with van der Waals surface area (Å²) in [4.78, 5) is 9.85. The minimum atomic E-state index is 0.486. The van der Waals surface area contributed by atoms with Crippen LogP contribution in [0.1, 0.15) is 0 Å². The molecule has 2 aromatic heterocycles. The highest BCUT2D eigenvalue weighted by atomic mass is 16.6. The van der Waals surface area contributed by atoms with Gasteiger partial charge in [0, 0.05) is 18.7 Å². The Hall–Kier alpha value is -2.27. The maximum Gasteiger partial charge on any atom is 0.123 e. The Morgan fingerprint density at radius 1 is 1.21 bits per heavy atom. The van der Waals surface area contributed by atoms with Crippen LogP contribution in [0.4, 0.5) is 0 Å². The Balaban J connectivity index is 2.12. The highest BCUT2D eigenvalue weighted by Crippen LogP contribution is 2.25. The number of nitrogens with zero attached hydrogens (tertiary/aromatic N) is 3. The van der Waals surface area contributed by atoms with Gasteiger partial charge in [0.05, 0.1) is 11.8 Å². The van der Waals surface area contributed by atoms with E-state index in [0.29, 0.717) is 6.73 Å². The van der Waals surface area contributed by atoms with Gasteiger partial charge in [-0.25, -0.2) is 4.98 Å². The molecule has 0 spiro atoms. The number of hydrogen-bond donors (Lipinski definition) is 0. The number of hydrogen-bond acceptors (Lipinski definition) is 3. The molecular weight excluding hydrogens is 242 g/mol. The van der Waals surface area contributed by atoms with Crippen LogP contribution in [-0.4, -0.2) is 28.5 Å². The van der Waals surface area contributed by atoms with Gasteiger partial charge in [-0.2, -0.15) is 4.73 Å². The number of methoxy groups -OCH3 is 1. The Bertz CT molecular complexity index is 700. The average Bonchev–Trinajstić information content (AvgIpc) is 3.02. The molecule has 0 N–H and O–H groups in total. The molecule has 0 saturated heterocycles. The van der Waals surface area contributed by atoms with E-state index in [1.165, 1.54) is 0 Å². The van der Waals surface area contributed by atoms with Crippen LogP contribution >= 0.6 is 0 Å². The van der Waals surface area contributed by atoms with E-state index >= 15 is 0 Å². The van der Waals surface area contributed by atoms with Crippen LogP contribution in [0.25, 0.3) is 22.3 Å². The number of ether oxygens (including phenoxy) is 1. The summed E-state index contributed by atoms with van der Waals surface area (Å²) in [6.07, 6.45) is 3.68. The molecule has 3 rings (SSSR count). The van der Waals surface area contributed by atoms with E-state index in [1.807, 2.05) is 29.0 Å². The number of aromatic nitrogens is 3. The normalized spacial score (nSPS) is 11.1. The Morgan fingerprint density at radius 2 is 2.05 bits per heavy atom. The zero-order valence-electron chi connectivity index (χ0n) is 10.9. The molecule has 5 heteroatoms. The second-order valence-electron chi connectivity index (χ2n) is 4.26. The lowest BCUT2D eigenvalue weighted by Crippen LogP contribution is -2.06. The van der Waals surface area contributed by atoms with Crippen molar-refractivity contribution in [3.05, 3.63) is 42.9 Å². The van der Waals surface area contributed by atoms with Crippen molar-refractivity contribution in [3.63, 3.8) is 0 Å². The van der Waals surface area contributed by atoms with E-state index in [-0.39, 0.29) is 0 Å². The van der Waals surface area contributed by atoms with Crippen LogP contribution in [0.15, 0.2) is 42.9 Å². The van der Waals surface area contributed by atoms with Gasteiger partial charge in [0.25, 0.3) is 0 Å². The molecule has 0 fully saturated rings. The summed E-state index contributed by atoms with van der Waals surface area (Å²) < 4.78 is 8.75. The van der Waals surface area contributed by atoms with Crippen molar-refractivity contribution < 1.29 is 9.57 Å². The van der Waals surface area contributed by atoms with Gasteiger partial charge in [-0.1, -0.05) is 18.2 Å². The monoisotopic (exact) mass is 257 g/mol. The third-order valence-corrected chi connectivity index (χ3v) is 3.02. The summed E-state index contributed by atoms with van der Waals surface area (Å²) in [6.45, 7) is 0.486. The molecule has 98 valence electrons. The van der Waals surface area contributed by atoms with Crippen molar-refractivity contribution in [2.24, 2.45) is 0 Å². The SMILES string of the molecule is COCn1cnc(-c2cc3ccccc3n2OC)c1. The Morgan fingerprint density at radius 3 is 2.84 bits per heavy atom. The van der Waals surface area contributed by atoms with E-state index in [2.05, 4.69) is 17.1 Å². The molecule has 0 unspecified atom stereocenters. The fourth-order valence-electron chi connectivity index (χ4n) is 2.22. The molecule has 2 heterocycles. The first-order valence-electron chi connectivity index (χ1n) is 5.99. The topological polar surface area (TPSA) is 41.2 Å². The second-order valence-corrected chi connectivity index (χ2v) is 4.26. The molecule has 0 bridgehead atoms. The summed E-state index contributed by atoms with van der Waals surface area (Å²) in [7, 11) is 3.31. The van der Waals surface area contributed by atoms with E-state index < -0.39 is 0 Å². The predicted octanol–water partition coefficient (Wildman–Crippen LogP) is 2.17. The lowest BCUT2D eigenvalue weighted by Gasteiger charge is -2.06. The van der Waals surface area contributed by atoms with Gasteiger partial charge in [0.1, 0.15) is 25.2 Å². The second kappa shape index (κ2) is 4.78. The minimum Gasteiger partial charge on any atom is -0.416 e. The van der Waals surface area contributed by atoms with Crippen LogP contribution in [-0.2, 0) is 11.5 Å². The van der Waals surface area contributed by atoms with Crippen molar-refractivity contribution in [1.29, 1.82) is 0 Å². The van der Waals surface area contributed by atoms with Crippen LogP contribution in [0.5, 0.6) is 0 Å². The summed E-state index contributed by atoms with van der Waals surface area (Å²) in [5, 5.41) is 1.13. The number of fused-ring (bicyclic) bond motifs is 1. The Kier molecular flexibility index (Phi) is 2.97.